The minimum absolute atomic E-state index is 0.176. The van der Waals surface area contributed by atoms with Gasteiger partial charge in [0.2, 0.25) is 0 Å². The topological polar surface area (TPSA) is 115 Å². The molecule has 1 aliphatic rings. The van der Waals surface area contributed by atoms with Crippen LogP contribution in [-0.4, -0.2) is 50.5 Å². The Morgan fingerprint density at radius 2 is 1.72 bits per heavy atom. The van der Waals surface area contributed by atoms with Crippen LogP contribution >= 0.6 is 27.3 Å². The van der Waals surface area contributed by atoms with Gasteiger partial charge in [-0.1, -0.05) is 46.7 Å². The highest BCUT2D eigenvalue weighted by Crippen LogP contribution is 2.38. The fourth-order valence-corrected chi connectivity index (χ4v) is 6.12. The molecule has 43 heavy (non-hydrogen) atoms. The van der Waals surface area contributed by atoms with Crippen LogP contribution in [0.3, 0.4) is 0 Å². The van der Waals surface area contributed by atoms with E-state index in [-0.39, 0.29) is 25.4 Å². The van der Waals surface area contributed by atoms with E-state index in [9.17, 15) is 14.4 Å². The quantitative estimate of drug-likeness (QED) is 0.262. The molecule has 2 aromatic carbocycles. The number of nitrogens with zero attached hydrogens (tertiary/aromatic N) is 2. The molecule has 4 rings (SSSR count). The van der Waals surface area contributed by atoms with Gasteiger partial charge in [-0.2, -0.15) is 0 Å². The minimum atomic E-state index is -0.820. The molecular weight excluding hydrogens is 640 g/mol. The van der Waals surface area contributed by atoms with Crippen molar-refractivity contribution in [3.8, 4) is 17.2 Å². The number of benzene rings is 2. The van der Waals surface area contributed by atoms with Gasteiger partial charge in [-0.3, -0.25) is 9.36 Å². The number of carbonyl (C=O) groups is 2. The van der Waals surface area contributed by atoms with E-state index in [0.29, 0.717) is 55.4 Å². The number of hydrogen-bond acceptors (Lipinski definition) is 10. The first-order chi connectivity index (χ1) is 20.8. The highest BCUT2D eigenvalue weighted by atomic mass is 79.9. The standard InChI is InChI=1S/C31H33BrN2O8S/c1-6-9-21-27(30(37)41-8-3)28(20-16-19(32)11-13-22(20)38-4)34-29(36)25(43-31(34)33-21)15-18-10-12-23(24(14-18)39-5)42-17-26(35)40-7-2/h10-16,28H,6-9,17H2,1-5H3/b25-15+/t28-/m1/s1. The average Bonchev–Trinajstić information content (AvgIpc) is 3.30. The lowest BCUT2D eigenvalue weighted by Gasteiger charge is -2.27. The van der Waals surface area contributed by atoms with E-state index in [0.717, 1.165) is 10.9 Å². The molecule has 0 amide bonds. The Hall–Kier alpha value is -3.90. The van der Waals surface area contributed by atoms with Crippen molar-refractivity contribution in [2.45, 2.75) is 39.7 Å². The number of aromatic nitrogens is 1. The number of carbonyl (C=O) groups excluding carboxylic acids is 2. The first-order valence-electron chi connectivity index (χ1n) is 13.8. The van der Waals surface area contributed by atoms with E-state index in [4.69, 9.17) is 28.7 Å². The van der Waals surface area contributed by atoms with Crippen molar-refractivity contribution in [3.05, 3.63) is 83.0 Å². The molecular formula is C31H33BrN2O8S. The lowest BCUT2D eigenvalue weighted by Crippen LogP contribution is -2.40. The summed E-state index contributed by atoms with van der Waals surface area (Å²) < 4.78 is 29.8. The van der Waals surface area contributed by atoms with E-state index in [1.165, 1.54) is 23.0 Å². The first kappa shape index (κ1) is 32.0. The molecule has 0 saturated heterocycles. The predicted molar refractivity (Wildman–Crippen MR) is 165 cm³/mol. The third kappa shape index (κ3) is 7.02. The second-order valence-corrected chi connectivity index (χ2v) is 11.2. The molecule has 0 unspecified atom stereocenters. The summed E-state index contributed by atoms with van der Waals surface area (Å²) in [5, 5.41) is 0. The van der Waals surface area contributed by atoms with Gasteiger partial charge < -0.3 is 23.7 Å². The summed E-state index contributed by atoms with van der Waals surface area (Å²) in [4.78, 5) is 44.5. The molecule has 0 radical (unpaired) electrons. The highest BCUT2D eigenvalue weighted by Gasteiger charge is 2.36. The van der Waals surface area contributed by atoms with E-state index >= 15 is 0 Å². The van der Waals surface area contributed by atoms with Gasteiger partial charge in [0.1, 0.15) is 11.8 Å². The molecule has 228 valence electrons. The lowest BCUT2D eigenvalue weighted by atomic mass is 9.93. The van der Waals surface area contributed by atoms with E-state index < -0.39 is 18.0 Å². The van der Waals surface area contributed by atoms with Crippen molar-refractivity contribution in [1.29, 1.82) is 0 Å². The maximum Gasteiger partial charge on any atom is 0.344 e. The first-order valence-corrected chi connectivity index (χ1v) is 15.4. The Morgan fingerprint density at radius 1 is 1.00 bits per heavy atom. The van der Waals surface area contributed by atoms with Crippen LogP contribution in [0.4, 0.5) is 0 Å². The van der Waals surface area contributed by atoms with Crippen molar-refractivity contribution in [2.24, 2.45) is 4.99 Å². The molecule has 0 aliphatic carbocycles. The normalized spacial score (nSPS) is 14.6. The largest absolute Gasteiger partial charge is 0.496 e. The van der Waals surface area contributed by atoms with Crippen molar-refractivity contribution < 1.29 is 33.3 Å². The molecule has 3 aromatic rings. The Labute approximate surface area is 261 Å². The highest BCUT2D eigenvalue weighted by molar-refractivity contribution is 9.10. The number of fused-ring (bicyclic) bond motifs is 1. The summed E-state index contributed by atoms with van der Waals surface area (Å²) in [6, 6.07) is 9.76. The summed E-state index contributed by atoms with van der Waals surface area (Å²) in [6.07, 6.45) is 2.99. The van der Waals surface area contributed by atoms with Gasteiger partial charge in [0.05, 0.1) is 43.2 Å². The molecule has 10 nitrogen and oxygen atoms in total. The number of halogens is 1. The molecule has 0 bridgehead atoms. The van der Waals surface area contributed by atoms with Crippen LogP contribution in [0.25, 0.3) is 6.08 Å². The fraction of sp³-hybridized carbons (Fsp3) is 0.355. The minimum Gasteiger partial charge on any atom is -0.496 e. The zero-order valence-electron chi connectivity index (χ0n) is 24.6. The number of thiazole rings is 1. The van der Waals surface area contributed by atoms with Crippen molar-refractivity contribution in [3.63, 3.8) is 0 Å². The summed E-state index contributed by atoms with van der Waals surface area (Å²) in [5.74, 6) is 0.247. The second kappa shape index (κ2) is 14.5. The van der Waals surface area contributed by atoms with Crippen molar-refractivity contribution in [1.82, 2.24) is 4.57 Å². The van der Waals surface area contributed by atoms with E-state index in [1.807, 2.05) is 19.1 Å². The Balaban J connectivity index is 1.88. The van der Waals surface area contributed by atoms with Crippen LogP contribution in [0.2, 0.25) is 0 Å². The zero-order valence-corrected chi connectivity index (χ0v) is 27.0. The Morgan fingerprint density at radius 3 is 2.40 bits per heavy atom. The molecule has 0 N–H and O–H groups in total. The summed E-state index contributed by atoms with van der Waals surface area (Å²) in [5.41, 5.74) is 1.85. The van der Waals surface area contributed by atoms with Crippen LogP contribution in [0.15, 0.2) is 61.9 Å². The third-order valence-electron chi connectivity index (χ3n) is 6.51. The maximum atomic E-state index is 14.1. The molecule has 1 aliphatic heterocycles. The number of allylic oxidation sites excluding steroid dienone is 1. The van der Waals surface area contributed by atoms with Gasteiger partial charge in [-0.15, -0.1) is 0 Å². The van der Waals surface area contributed by atoms with E-state index in [1.54, 1.807) is 51.3 Å². The van der Waals surface area contributed by atoms with Crippen LogP contribution in [0.1, 0.15) is 50.8 Å². The van der Waals surface area contributed by atoms with Crippen LogP contribution in [0.5, 0.6) is 17.2 Å². The molecule has 1 atom stereocenters. The van der Waals surface area contributed by atoms with Crippen molar-refractivity contribution in [2.75, 3.05) is 34.0 Å². The van der Waals surface area contributed by atoms with Gasteiger partial charge in [-0.05, 0) is 62.2 Å². The number of ether oxygens (including phenoxy) is 5. The number of rotatable bonds is 12. The van der Waals surface area contributed by atoms with Crippen molar-refractivity contribution >= 4 is 45.3 Å². The zero-order chi connectivity index (χ0) is 31.1. The summed E-state index contributed by atoms with van der Waals surface area (Å²) in [6.45, 7) is 5.63. The Kier molecular flexibility index (Phi) is 10.8. The number of hydrogen-bond donors (Lipinski definition) is 0. The molecule has 2 heterocycles. The second-order valence-electron chi connectivity index (χ2n) is 9.30. The third-order valence-corrected chi connectivity index (χ3v) is 7.99. The van der Waals surface area contributed by atoms with Gasteiger partial charge in [0, 0.05) is 10.0 Å². The van der Waals surface area contributed by atoms with E-state index in [2.05, 4.69) is 15.9 Å². The van der Waals surface area contributed by atoms with Gasteiger partial charge in [-0.25, -0.2) is 14.6 Å². The van der Waals surface area contributed by atoms with Crippen LogP contribution in [-0.2, 0) is 19.1 Å². The lowest BCUT2D eigenvalue weighted by molar-refractivity contribution is -0.145. The van der Waals surface area contributed by atoms with Gasteiger partial charge in [0.25, 0.3) is 5.56 Å². The van der Waals surface area contributed by atoms with Crippen LogP contribution < -0.4 is 29.1 Å². The van der Waals surface area contributed by atoms with Gasteiger partial charge in [0.15, 0.2) is 22.9 Å². The summed E-state index contributed by atoms with van der Waals surface area (Å²) in [7, 11) is 3.03. The average molecular weight is 674 g/mol. The summed E-state index contributed by atoms with van der Waals surface area (Å²) >= 11 is 4.75. The number of methoxy groups -OCH3 is 2. The number of esters is 2. The molecule has 1 aromatic heterocycles. The van der Waals surface area contributed by atoms with Crippen LogP contribution in [0, 0.1) is 0 Å². The smallest absolute Gasteiger partial charge is 0.344 e. The predicted octanol–water partition coefficient (Wildman–Crippen LogP) is 4.30. The SMILES string of the molecule is CCCC1=C(C(=O)OCC)[C@@H](c2cc(Br)ccc2OC)n2c(s/c(=C/c3ccc(OCC(=O)OCC)c(OC)c3)c2=O)=N1. The fourth-order valence-electron chi connectivity index (χ4n) is 4.72. The Bertz CT molecular complexity index is 1730. The molecule has 0 saturated carbocycles. The molecule has 12 heteroatoms. The van der Waals surface area contributed by atoms with Gasteiger partial charge >= 0.3 is 11.9 Å². The molecule has 0 spiro atoms. The molecule has 0 fully saturated rings. The monoisotopic (exact) mass is 672 g/mol. The maximum absolute atomic E-state index is 14.1.